The first-order chi connectivity index (χ1) is 11.4. The van der Waals surface area contributed by atoms with Gasteiger partial charge in [-0.05, 0) is 52.5 Å². The Kier molecular flexibility index (Phi) is 5.18. The van der Waals surface area contributed by atoms with E-state index in [1.165, 1.54) is 5.56 Å². The average Bonchev–Trinajstić information content (AvgIpc) is 2.86. The van der Waals surface area contributed by atoms with Gasteiger partial charge in [-0.2, -0.15) is 0 Å². The molecular weight excluding hydrogens is 304 g/mol. The van der Waals surface area contributed by atoms with Gasteiger partial charge in [-0.1, -0.05) is 6.42 Å². The fourth-order valence-electron chi connectivity index (χ4n) is 3.71. The summed E-state index contributed by atoms with van der Waals surface area (Å²) in [6, 6.07) is 2.75. The Labute approximate surface area is 144 Å². The van der Waals surface area contributed by atoms with Crippen molar-refractivity contribution in [2.45, 2.75) is 77.0 Å². The molecule has 1 amide bonds. The van der Waals surface area contributed by atoms with Crippen molar-refractivity contribution in [3.8, 4) is 0 Å². The van der Waals surface area contributed by atoms with Gasteiger partial charge in [0.15, 0.2) is 0 Å². The second kappa shape index (κ2) is 7.18. The highest BCUT2D eigenvalue weighted by molar-refractivity contribution is 5.68. The van der Waals surface area contributed by atoms with Crippen molar-refractivity contribution in [1.82, 2.24) is 10.2 Å². The lowest BCUT2D eigenvalue weighted by Gasteiger charge is -2.31. The lowest BCUT2D eigenvalue weighted by molar-refractivity contribution is 0.0241. The fraction of sp³-hybridized carbons (Fsp3) is 0.737. The molecule has 0 aromatic carbocycles. The van der Waals surface area contributed by atoms with Gasteiger partial charge in [0, 0.05) is 37.2 Å². The van der Waals surface area contributed by atoms with Gasteiger partial charge in [-0.15, -0.1) is 0 Å². The third-order valence-electron chi connectivity index (χ3n) is 4.81. The highest BCUT2D eigenvalue weighted by Gasteiger charge is 2.29. The van der Waals surface area contributed by atoms with Crippen LogP contribution in [0.25, 0.3) is 0 Å². The normalized spacial score (nSPS) is 25.0. The van der Waals surface area contributed by atoms with Crippen LogP contribution in [0.15, 0.2) is 16.7 Å². The molecule has 1 N–H and O–H groups in total. The molecule has 134 valence electrons. The van der Waals surface area contributed by atoms with E-state index in [2.05, 4.69) is 11.4 Å². The quantitative estimate of drug-likeness (QED) is 0.887. The molecule has 2 atom stereocenters. The Morgan fingerprint density at radius 3 is 2.92 bits per heavy atom. The minimum absolute atomic E-state index is 0.191. The van der Waals surface area contributed by atoms with Crippen LogP contribution in [0, 0.1) is 0 Å². The maximum Gasteiger partial charge on any atom is 0.410 e. The summed E-state index contributed by atoms with van der Waals surface area (Å²) in [7, 11) is 0. The average molecular weight is 334 g/mol. The number of hydrogen-bond acceptors (Lipinski definition) is 4. The number of furan rings is 1. The second-order valence-corrected chi connectivity index (χ2v) is 8.03. The lowest BCUT2D eigenvalue weighted by atomic mass is 9.92. The number of hydrogen-bond donors (Lipinski definition) is 1. The molecule has 0 saturated carbocycles. The van der Waals surface area contributed by atoms with Gasteiger partial charge in [-0.3, -0.25) is 0 Å². The van der Waals surface area contributed by atoms with Crippen LogP contribution in [0.4, 0.5) is 4.79 Å². The molecule has 0 bridgehead atoms. The maximum absolute atomic E-state index is 12.4. The first-order valence-corrected chi connectivity index (χ1v) is 9.22. The van der Waals surface area contributed by atoms with E-state index in [0.717, 1.165) is 57.4 Å². The smallest absolute Gasteiger partial charge is 0.410 e. The van der Waals surface area contributed by atoms with Crippen LogP contribution in [0.3, 0.4) is 0 Å². The first-order valence-electron chi connectivity index (χ1n) is 9.22. The molecule has 1 saturated heterocycles. The summed E-state index contributed by atoms with van der Waals surface area (Å²) in [6.07, 6.45) is 8.21. The van der Waals surface area contributed by atoms with E-state index >= 15 is 0 Å². The number of likely N-dealkylation sites (tertiary alicyclic amines) is 1. The molecule has 1 fully saturated rings. The predicted octanol–water partition coefficient (Wildman–Crippen LogP) is 4.04. The van der Waals surface area contributed by atoms with Crippen molar-refractivity contribution >= 4 is 6.09 Å². The molecule has 1 aromatic rings. The van der Waals surface area contributed by atoms with Crippen molar-refractivity contribution in [2.24, 2.45) is 0 Å². The molecule has 24 heavy (non-hydrogen) atoms. The van der Waals surface area contributed by atoms with Crippen molar-refractivity contribution < 1.29 is 13.9 Å². The Hall–Kier alpha value is -1.49. The molecule has 5 heteroatoms. The molecule has 2 aliphatic rings. The molecule has 1 aliphatic heterocycles. The van der Waals surface area contributed by atoms with Crippen molar-refractivity contribution in [3.05, 3.63) is 23.7 Å². The monoisotopic (exact) mass is 334 g/mol. The fourth-order valence-corrected chi connectivity index (χ4v) is 3.71. The van der Waals surface area contributed by atoms with E-state index in [1.807, 2.05) is 25.7 Å². The Morgan fingerprint density at radius 1 is 1.29 bits per heavy atom. The second-order valence-electron chi connectivity index (χ2n) is 8.03. The van der Waals surface area contributed by atoms with Crippen molar-refractivity contribution in [1.29, 1.82) is 0 Å². The van der Waals surface area contributed by atoms with Crippen LogP contribution in [-0.2, 0) is 11.2 Å². The molecule has 1 aromatic heterocycles. The number of nitrogens with one attached hydrogen (secondary N) is 1. The van der Waals surface area contributed by atoms with Crippen molar-refractivity contribution in [3.63, 3.8) is 0 Å². The van der Waals surface area contributed by atoms with Crippen LogP contribution in [0.5, 0.6) is 0 Å². The summed E-state index contributed by atoms with van der Waals surface area (Å²) < 4.78 is 11.1. The summed E-state index contributed by atoms with van der Waals surface area (Å²) in [4.78, 5) is 14.3. The molecule has 3 rings (SSSR count). The van der Waals surface area contributed by atoms with E-state index in [9.17, 15) is 4.79 Å². The van der Waals surface area contributed by atoms with Crippen LogP contribution in [-0.4, -0.2) is 35.7 Å². The van der Waals surface area contributed by atoms with E-state index in [1.54, 1.807) is 6.26 Å². The molecule has 2 unspecified atom stereocenters. The van der Waals surface area contributed by atoms with Crippen molar-refractivity contribution in [2.75, 3.05) is 13.1 Å². The first kappa shape index (κ1) is 17.3. The zero-order valence-corrected chi connectivity index (χ0v) is 15.1. The van der Waals surface area contributed by atoms with Crippen LogP contribution < -0.4 is 5.32 Å². The summed E-state index contributed by atoms with van der Waals surface area (Å²) in [5, 5.41) is 3.78. The molecule has 2 heterocycles. The maximum atomic E-state index is 12.4. The van der Waals surface area contributed by atoms with E-state index in [4.69, 9.17) is 9.15 Å². The number of aryl methyl sites for hydroxylation is 1. The standard InChI is InChI=1S/C19H30N2O3/c1-19(2,3)24-18(22)21-11-5-4-7-14(13-21)20-16-8-6-9-17-15(16)10-12-23-17/h10,12,14,16,20H,4-9,11,13H2,1-3H3. The topological polar surface area (TPSA) is 54.7 Å². The third kappa shape index (κ3) is 4.32. The summed E-state index contributed by atoms with van der Waals surface area (Å²) in [5.74, 6) is 1.12. The predicted molar refractivity (Wildman–Crippen MR) is 93.0 cm³/mol. The highest BCUT2D eigenvalue weighted by atomic mass is 16.6. The highest BCUT2D eigenvalue weighted by Crippen LogP contribution is 2.31. The van der Waals surface area contributed by atoms with Gasteiger partial charge >= 0.3 is 6.09 Å². The van der Waals surface area contributed by atoms with Crippen LogP contribution in [0.1, 0.15) is 70.2 Å². The van der Waals surface area contributed by atoms with Gasteiger partial charge in [-0.25, -0.2) is 4.79 Å². The van der Waals surface area contributed by atoms with E-state index in [0.29, 0.717) is 12.1 Å². The molecule has 0 spiro atoms. The van der Waals surface area contributed by atoms with Crippen LogP contribution in [0.2, 0.25) is 0 Å². The zero-order valence-electron chi connectivity index (χ0n) is 15.1. The van der Waals surface area contributed by atoms with Gasteiger partial charge in [0.25, 0.3) is 0 Å². The molecule has 1 aliphatic carbocycles. The van der Waals surface area contributed by atoms with Crippen LogP contribution >= 0.6 is 0 Å². The largest absolute Gasteiger partial charge is 0.469 e. The zero-order chi connectivity index (χ0) is 17.2. The number of amides is 1. The number of fused-ring (bicyclic) bond motifs is 1. The molecule has 5 nitrogen and oxygen atoms in total. The minimum atomic E-state index is -0.443. The molecular formula is C19H30N2O3. The Bertz CT molecular complexity index is 561. The third-order valence-corrected chi connectivity index (χ3v) is 4.81. The number of nitrogens with zero attached hydrogens (tertiary/aromatic N) is 1. The summed E-state index contributed by atoms with van der Waals surface area (Å²) in [6.45, 7) is 7.26. The summed E-state index contributed by atoms with van der Waals surface area (Å²) >= 11 is 0. The summed E-state index contributed by atoms with van der Waals surface area (Å²) in [5.41, 5.74) is 0.857. The van der Waals surface area contributed by atoms with E-state index in [-0.39, 0.29) is 6.09 Å². The number of carbonyl (C=O) groups is 1. The number of ether oxygens (including phenoxy) is 1. The van der Waals surface area contributed by atoms with Gasteiger partial charge in [0.05, 0.1) is 6.26 Å². The number of rotatable bonds is 2. The Balaban J connectivity index is 1.63. The Morgan fingerprint density at radius 2 is 2.12 bits per heavy atom. The molecule has 0 radical (unpaired) electrons. The lowest BCUT2D eigenvalue weighted by Crippen LogP contribution is -2.45. The van der Waals surface area contributed by atoms with Gasteiger partial charge in [0.1, 0.15) is 11.4 Å². The number of carbonyl (C=O) groups excluding carboxylic acids is 1. The van der Waals surface area contributed by atoms with Gasteiger partial charge in [0.2, 0.25) is 0 Å². The minimum Gasteiger partial charge on any atom is -0.469 e. The van der Waals surface area contributed by atoms with E-state index < -0.39 is 5.60 Å². The van der Waals surface area contributed by atoms with Gasteiger partial charge < -0.3 is 19.4 Å². The SMILES string of the molecule is CC(C)(C)OC(=O)N1CCCCC(NC2CCCc3occc32)C1.